The van der Waals surface area contributed by atoms with Gasteiger partial charge in [-0.15, -0.1) is 0 Å². The van der Waals surface area contributed by atoms with Gasteiger partial charge in [0, 0.05) is 42.7 Å². The summed E-state index contributed by atoms with van der Waals surface area (Å²) in [4.78, 5) is 27.0. The number of carbonyl (C=O) groups is 2. The van der Waals surface area contributed by atoms with E-state index >= 15 is 0 Å². The third-order valence-electron chi connectivity index (χ3n) is 7.76. The van der Waals surface area contributed by atoms with Crippen LogP contribution in [-0.4, -0.2) is 46.9 Å². The second-order valence-corrected chi connectivity index (χ2v) is 10.2. The van der Waals surface area contributed by atoms with Crippen molar-refractivity contribution >= 4 is 11.8 Å². The van der Waals surface area contributed by atoms with Gasteiger partial charge in [0.15, 0.2) is 0 Å². The number of benzene rings is 1. The first-order valence-corrected chi connectivity index (χ1v) is 12.5. The van der Waals surface area contributed by atoms with Crippen LogP contribution in [-0.2, 0) is 11.3 Å². The van der Waals surface area contributed by atoms with Gasteiger partial charge in [0.05, 0.1) is 0 Å². The summed E-state index contributed by atoms with van der Waals surface area (Å²) in [6.45, 7) is 4.20. The van der Waals surface area contributed by atoms with E-state index in [1.807, 2.05) is 12.1 Å². The average Bonchev–Trinajstić information content (AvgIpc) is 3.12. The predicted molar refractivity (Wildman–Crippen MR) is 124 cm³/mol. The minimum absolute atomic E-state index is 0.0300. The molecular formula is C26H33F2N3O3. The smallest absolute Gasteiger partial charge is 0.255 e. The van der Waals surface area contributed by atoms with Crippen LogP contribution in [0.1, 0.15) is 80.1 Å². The van der Waals surface area contributed by atoms with Crippen LogP contribution >= 0.6 is 0 Å². The molecule has 184 valence electrons. The molecule has 1 aromatic carbocycles. The fourth-order valence-electron chi connectivity index (χ4n) is 5.82. The Labute approximate surface area is 199 Å². The number of halogens is 2. The highest BCUT2D eigenvalue weighted by Gasteiger charge is 2.39. The van der Waals surface area contributed by atoms with Crippen molar-refractivity contribution in [2.24, 2.45) is 0 Å². The van der Waals surface area contributed by atoms with Crippen molar-refractivity contribution in [3.05, 3.63) is 41.6 Å². The van der Waals surface area contributed by atoms with Crippen LogP contribution in [0.25, 0.3) is 0 Å². The van der Waals surface area contributed by atoms with Crippen LogP contribution in [0.3, 0.4) is 0 Å². The Morgan fingerprint density at radius 1 is 1.09 bits per heavy atom. The number of allylic oxidation sites excluding steroid dienone is 1. The van der Waals surface area contributed by atoms with E-state index in [4.69, 9.17) is 4.74 Å². The van der Waals surface area contributed by atoms with Crippen LogP contribution in [0, 0.1) is 0 Å². The van der Waals surface area contributed by atoms with E-state index in [1.54, 1.807) is 11.0 Å². The normalized spacial score (nSPS) is 29.6. The molecule has 6 nitrogen and oxygen atoms in total. The summed E-state index contributed by atoms with van der Waals surface area (Å²) in [6.07, 6.45) is 6.16. The topological polar surface area (TPSA) is 70.7 Å². The maximum atomic E-state index is 13.5. The van der Waals surface area contributed by atoms with Crippen LogP contribution in [0.15, 0.2) is 30.5 Å². The second-order valence-electron chi connectivity index (χ2n) is 10.2. The van der Waals surface area contributed by atoms with Gasteiger partial charge in [-0.1, -0.05) is 13.0 Å². The Balaban J connectivity index is 1.24. The number of nitrogens with one attached hydrogen (secondary N) is 2. The first kappa shape index (κ1) is 23.3. The van der Waals surface area contributed by atoms with Crippen LogP contribution in [0.4, 0.5) is 8.78 Å². The van der Waals surface area contributed by atoms with Crippen molar-refractivity contribution in [3.63, 3.8) is 0 Å². The standard InChI is InChI=1S/C26H33F2N3O3/c1-16-6-9-22(24(32)29-16)31-15-17-14-19(7-8-20(17)25(31)33)34-23-5-3-2-4-21(23)30-18-10-12-26(27,28)13-11-18/h7-8,14,18,21-23,30H,1-6,9-13,15H2,(H,29,32)/t21-,22?,23-/m0/s1. The Hall–Kier alpha value is -2.48. The van der Waals surface area contributed by atoms with E-state index in [-0.39, 0.29) is 42.8 Å². The van der Waals surface area contributed by atoms with Crippen LogP contribution in [0.5, 0.6) is 5.75 Å². The molecule has 1 unspecified atom stereocenters. The van der Waals surface area contributed by atoms with Gasteiger partial charge in [0.1, 0.15) is 17.9 Å². The minimum Gasteiger partial charge on any atom is -0.489 e. The maximum absolute atomic E-state index is 13.5. The van der Waals surface area contributed by atoms with Crippen molar-refractivity contribution in [3.8, 4) is 5.75 Å². The Bertz CT molecular complexity index is 972. The van der Waals surface area contributed by atoms with Crippen LogP contribution in [0.2, 0.25) is 0 Å². The summed E-state index contributed by atoms with van der Waals surface area (Å²) in [5.74, 6) is -2.11. The number of amides is 2. The fourth-order valence-corrected chi connectivity index (χ4v) is 5.82. The van der Waals surface area contributed by atoms with E-state index in [2.05, 4.69) is 17.2 Å². The van der Waals surface area contributed by atoms with Crippen molar-refractivity contribution in [1.29, 1.82) is 0 Å². The number of hydrogen-bond donors (Lipinski definition) is 2. The SMILES string of the molecule is C=C1CCC(N2Cc3cc(O[C@H]4CCCC[C@@H]4NC4CCC(F)(F)CC4)ccc3C2=O)C(=O)N1. The highest BCUT2D eigenvalue weighted by Crippen LogP contribution is 2.35. The van der Waals surface area contributed by atoms with Gasteiger partial charge in [-0.2, -0.15) is 0 Å². The summed E-state index contributed by atoms with van der Waals surface area (Å²) in [5, 5.41) is 6.37. The van der Waals surface area contributed by atoms with Gasteiger partial charge in [-0.3, -0.25) is 9.59 Å². The van der Waals surface area contributed by atoms with E-state index < -0.39 is 12.0 Å². The molecule has 2 saturated carbocycles. The Morgan fingerprint density at radius 3 is 2.62 bits per heavy atom. The van der Waals surface area contributed by atoms with Gasteiger partial charge in [0.2, 0.25) is 11.8 Å². The molecule has 2 N–H and O–H groups in total. The van der Waals surface area contributed by atoms with E-state index in [9.17, 15) is 18.4 Å². The first-order valence-electron chi connectivity index (χ1n) is 12.5. The number of fused-ring (bicyclic) bond motifs is 1. The number of carbonyl (C=O) groups excluding carboxylic acids is 2. The molecule has 1 saturated heterocycles. The zero-order valence-corrected chi connectivity index (χ0v) is 19.5. The number of piperidine rings is 1. The van der Waals surface area contributed by atoms with Crippen molar-refractivity contribution in [2.45, 2.75) is 101 Å². The lowest BCUT2D eigenvalue weighted by atomic mass is 9.88. The molecule has 4 aliphatic rings. The van der Waals surface area contributed by atoms with Crippen LogP contribution < -0.4 is 15.4 Å². The molecule has 8 heteroatoms. The van der Waals surface area contributed by atoms with E-state index in [1.165, 1.54) is 0 Å². The van der Waals surface area contributed by atoms with Crippen molar-refractivity contribution in [1.82, 2.24) is 15.5 Å². The van der Waals surface area contributed by atoms with Gasteiger partial charge >= 0.3 is 0 Å². The van der Waals surface area contributed by atoms with Gasteiger partial charge in [-0.05, 0) is 68.7 Å². The van der Waals surface area contributed by atoms with Gasteiger partial charge in [-0.25, -0.2) is 8.78 Å². The molecule has 0 radical (unpaired) electrons. The Kier molecular flexibility index (Phi) is 6.35. The van der Waals surface area contributed by atoms with Gasteiger partial charge in [0.25, 0.3) is 5.91 Å². The molecular weight excluding hydrogens is 440 g/mol. The highest BCUT2D eigenvalue weighted by atomic mass is 19.3. The quantitative estimate of drug-likeness (QED) is 0.669. The summed E-state index contributed by atoms with van der Waals surface area (Å²) in [7, 11) is 0. The number of nitrogens with zero attached hydrogens (tertiary/aromatic N) is 1. The van der Waals surface area contributed by atoms with Crippen molar-refractivity contribution in [2.75, 3.05) is 0 Å². The second kappa shape index (κ2) is 9.29. The summed E-state index contributed by atoms with van der Waals surface area (Å²) in [5.41, 5.74) is 2.18. The summed E-state index contributed by atoms with van der Waals surface area (Å²) >= 11 is 0. The monoisotopic (exact) mass is 473 g/mol. The molecule has 2 aliphatic heterocycles. The third-order valence-corrected chi connectivity index (χ3v) is 7.76. The lowest BCUT2D eigenvalue weighted by Gasteiger charge is -2.37. The molecule has 2 aliphatic carbocycles. The zero-order valence-electron chi connectivity index (χ0n) is 19.5. The zero-order chi connectivity index (χ0) is 23.9. The number of rotatable bonds is 5. The maximum Gasteiger partial charge on any atom is 0.255 e. The molecule has 3 fully saturated rings. The molecule has 0 bridgehead atoms. The average molecular weight is 474 g/mol. The number of ether oxygens (including phenoxy) is 1. The number of alkyl halides is 2. The highest BCUT2D eigenvalue weighted by molar-refractivity contribution is 6.01. The van der Waals surface area contributed by atoms with E-state index in [0.29, 0.717) is 49.2 Å². The lowest BCUT2D eigenvalue weighted by Crippen LogP contribution is -2.50. The fraction of sp³-hybridized carbons (Fsp3) is 0.615. The molecule has 1 aromatic rings. The largest absolute Gasteiger partial charge is 0.489 e. The molecule has 5 rings (SSSR count). The summed E-state index contributed by atoms with van der Waals surface area (Å²) in [6, 6.07) is 5.30. The first-order chi connectivity index (χ1) is 16.3. The molecule has 34 heavy (non-hydrogen) atoms. The lowest BCUT2D eigenvalue weighted by molar-refractivity contribution is -0.126. The summed E-state index contributed by atoms with van der Waals surface area (Å²) < 4.78 is 33.5. The Morgan fingerprint density at radius 2 is 1.85 bits per heavy atom. The van der Waals surface area contributed by atoms with E-state index in [0.717, 1.165) is 31.2 Å². The van der Waals surface area contributed by atoms with Gasteiger partial charge < -0.3 is 20.3 Å². The molecule has 2 heterocycles. The molecule has 3 atom stereocenters. The minimum atomic E-state index is -2.53. The van der Waals surface area contributed by atoms with Crippen molar-refractivity contribution < 1.29 is 23.1 Å². The third kappa shape index (κ3) is 4.83. The molecule has 0 spiro atoms. The molecule has 0 aromatic heterocycles. The molecule has 2 amide bonds. The number of hydrogen-bond acceptors (Lipinski definition) is 4. The predicted octanol–water partition coefficient (Wildman–Crippen LogP) is 4.29.